The van der Waals surface area contributed by atoms with Crippen LogP contribution in [0, 0.1) is 12.7 Å². The van der Waals surface area contributed by atoms with Gasteiger partial charge in [-0.3, -0.25) is 4.79 Å². The third-order valence-corrected chi connectivity index (χ3v) is 5.62. The van der Waals surface area contributed by atoms with Crippen molar-refractivity contribution in [3.05, 3.63) is 52.8 Å². The number of rotatable bonds is 9. The Morgan fingerprint density at radius 1 is 1.21 bits per heavy atom. The number of amides is 1. The van der Waals surface area contributed by atoms with Gasteiger partial charge in [0, 0.05) is 12.2 Å². The van der Waals surface area contributed by atoms with E-state index in [1.807, 2.05) is 6.92 Å². The van der Waals surface area contributed by atoms with Crippen molar-refractivity contribution < 1.29 is 22.3 Å². The van der Waals surface area contributed by atoms with Gasteiger partial charge in [-0.1, -0.05) is 31.0 Å². The van der Waals surface area contributed by atoms with Gasteiger partial charge in [-0.2, -0.15) is 0 Å². The molecule has 0 saturated carbocycles. The van der Waals surface area contributed by atoms with Gasteiger partial charge < -0.3 is 10.1 Å². The summed E-state index contributed by atoms with van der Waals surface area (Å²) in [5, 5.41) is 2.62. The second-order valence-electron chi connectivity index (χ2n) is 6.14. The zero-order chi connectivity index (χ0) is 20.7. The van der Waals surface area contributed by atoms with Crippen molar-refractivity contribution in [2.75, 3.05) is 18.5 Å². The Bertz CT molecular complexity index is 951. The van der Waals surface area contributed by atoms with E-state index in [4.69, 9.17) is 16.3 Å². The molecule has 2 aromatic rings. The zero-order valence-corrected chi connectivity index (χ0v) is 17.2. The molecule has 152 valence electrons. The van der Waals surface area contributed by atoms with Crippen LogP contribution in [0.4, 0.5) is 10.1 Å². The van der Waals surface area contributed by atoms with Crippen molar-refractivity contribution in [2.45, 2.75) is 31.6 Å². The molecule has 0 aliphatic rings. The summed E-state index contributed by atoms with van der Waals surface area (Å²) < 4.78 is 45.5. The number of aryl methyl sites for hydroxylation is 1. The highest BCUT2D eigenvalue weighted by molar-refractivity contribution is 7.89. The number of hydrogen-bond donors (Lipinski definition) is 2. The summed E-state index contributed by atoms with van der Waals surface area (Å²) in [6.07, 6.45) is 1.60. The van der Waals surface area contributed by atoms with E-state index in [0.717, 1.165) is 12.8 Å². The number of nitrogens with one attached hydrogen (secondary N) is 2. The average molecular weight is 429 g/mol. The van der Waals surface area contributed by atoms with E-state index < -0.39 is 21.7 Å². The summed E-state index contributed by atoms with van der Waals surface area (Å²) in [6.45, 7) is 3.68. The van der Waals surface area contributed by atoms with E-state index in [0.29, 0.717) is 17.8 Å². The molecule has 0 heterocycles. The van der Waals surface area contributed by atoms with Gasteiger partial charge >= 0.3 is 0 Å². The van der Waals surface area contributed by atoms with Crippen molar-refractivity contribution in [2.24, 2.45) is 0 Å². The lowest BCUT2D eigenvalue weighted by Crippen LogP contribution is -2.24. The topological polar surface area (TPSA) is 84.5 Å². The van der Waals surface area contributed by atoms with E-state index in [2.05, 4.69) is 10.0 Å². The van der Waals surface area contributed by atoms with Gasteiger partial charge in [-0.05, 0) is 49.2 Å². The van der Waals surface area contributed by atoms with Gasteiger partial charge in [0.15, 0.2) is 6.61 Å². The first-order valence-corrected chi connectivity index (χ1v) is 10.6. The highest BCUT2D eigenvalue weighted by atomic mass is 35.5. The minimum atomic E-state index is -3.66. The number of benzene rings is 2. The molecule has 0 fully saturated rings. The van der Waals surface area contributed by atoms with Crippen LogP contribution in [0.2, 0.25) is 5.02 Å². The molecule has 6 nitrogen and oxygen atoms in total. The van der Waals surface area contributed by atoms with Crippen LogP contribution in [0.1, 0.15) is 25.3 Å². The number of sulfonamides is 1. The van der Waals surface area contributed by atoms with Crippen molar-refractivity contribution in [3.8, 4) is 5.75 Å². The van der Waals surface area contributed by atoms with Crippen LogP contribution in [0.5, 0.6) is 5.75 Å². The van der Waals surface area contributed by atoms with E-state index in [-0.39, 0.29) is 22.3 Å². The molecule has 0 radical (unpaired) electrons. The Hall–Kier alpha value is -2.16. The van der Waals surface area contributed by atoms with Crippen molar-refractivity contribution in [1.29, 1.82) is 0 Å². The van der Waals surface area contributed by atoms with Crippen LogP contribution in [-0.2, 0) is 14.8 Å². The van der Waals surface area contributed by atoms with Crippen LogP contribution in [0.25, 0.3) is 0 Å². The number of ether oxygens (including phenoxy) is 1. The molecule has 0 bridgehead atoms. The number of halogens is 2. The van der Waals surface area contributed by atoms with Crippen LogP contribution in [0.15, 0.2) is 41.3 Å². The summed E-state index contributed by atoms with van der Waals surface area (Å²) in [4.78, 5) is 12.0. The normalized spacial score (nSPS) is 11.3. The highest BCUT2D eigenvalue weighted by Gasteiger charge is 2.16. The fourth-order valence-electron chi connectivity index (χ4n) is 2.29. The lowest BCUT2D eigenvalue weighted by atomic mass is 10.2. The van der Waals surface area contributed by atoms with Gasteiger partial charge in [-0.25, -0.2) is 17.5 Å². The van der Waals surface area contributed by atoms with Gasteiger partial charge in [0.2, 0.25) is 10.0 Å². The van der Waals surface area contributed by atoms with Crippen molar-refractivity contribution in [3.63, 3.8) is 0 Å². The number of carbonyl (C=O) groups excluding carboxylic acids is 1. The summed E-state index contributed by atoms with van der Waals surface area (Å²) in [6, 6.07) is 8.07. The second kappa shape index (κ2) is 9.86. The standard InChI is InChI=1S/C19H22ClFN2O4S/c1-3-4-9-22-28(25,26)15-7-8-18(16(20)11-15)27-12-19(24)23-17-10-14(21)6-5-13(17)2/h5-8,10-11,22H,3-4,9,12H2,1-2H3,(H,23,24). The molecule has 0 atom stereocenters. The van der Waals surface area contributed by atoms with E-state index in [1.165, 1.54) is 30.3 Å². The molecule has 2 N–H and O–H groups in total. The quantitative estimate of drug-likeness (QED) is 0.593. The lowest BCUT2D eigenvalue weighted by Gasteiger charge is -2.12. The predicted molar refractivity (Wildman–Crippen MR) is 107 cm³/mol. The number of unbranched alkanes of at least 4 members (excludes halogenated alkanes) is 1. The summed E-state index contributed by atoms with van der Waals surface area (Å²) in [7, 11) is -3.66. The van der Waals surface area contributed by atoms with Crippen LogP contribution in [-0.4, -0.2) is 27.5 Å². The molecule has 1 amide bonds. The molecule has 0 aliphatic carbocycles. The number of hydrogen-bond acceptors (Lipinski definition) is 4. The zero-order valence-electron chi connectivity index (χ0n) is 15.6. The first-order valence-electron chi connectivity index (χ1n) is 8.71. The molecular weight excluding hydrogens is 407 g/mol. The Balaban J connectivity index is 1.99. The Labute approximate surface area is 169 Å². The SMILES string of the molecule is CCCCNS(=O)(=O)c1ccc(OCC(=O)Nc2cc(F)ccc2C)c(Cl)c1. The maximum Gasteiger partial charge on any atom is 0.262 e. The minimum Gasteiger partial charge on any atom is -0.482 e. The first kappa shape index (κ1) is 22.1. The predicted octanol–water partition coefficient (Wildman–Crippen LogP) is 3.88. The maximum atomic E-state index is 13.3. The van der Waals surface area contributed by atoms with E-state index in [9.17, 15) is 17.6 Å². The van der Waals surface area contributed by atoms with Crippen molar-refractivity contribution >= 4 is 33.2 Å². The lowest BCUT2D eigenvalue weighted by molar-refractivity contribution is -0.118. The molecule has 9 heteroatoms. The second-order valence-corrected chi connectivity index (χ2v) is 8.31. The summed E-state index contributed by atoms with van der Waals surface area (Å²) in [5.41, 5.74) is 1.05. The molecule has 2 rings (SSSR count). The van der Waals surface area contributed by atoms with Gasteiger partial charge in [-0.15, -0.1) is 0 Å². The van der Waals surface area contributed by atoms with Crippen LogP contribution < -0.4 is 14.8 Å². The fourth-order valence-corrected chi connectivity index (χ4v) is 3.69. The van der Waals surface area contributed by atoms with Crippen LogP contribution in [0.3, 0.4) is 0 Å². The Morgan fingerprint density at radius 3 is 2.64 bits per heavy atom. The van der Waals surface area contributed by atoms with Gasteiger partial charge in [0.1, 0.15) is 11.6 Å². The smallest absolute Gasteiger partial charge is 0.262 e. The molecule has 2 aromatic carbocycles. The highest BCUT2D eigenvalue weighted by Crippen LogP contribution is 2.27. The largest absolute Gasteiger partial charge is 0.482 e. The summed E-state index contributed by atoms with van der Waals surface area (Å²) in [5.74, 6) is -0.794. The number of anilines is 1. The van der Waals surface area contributed by atoms with E-state index >= 15 is 0 Å². The maximum absolute atomic E-state index is 13.3. The molecule has 0 aromatic heterocycles. The third kappa shape index (κ3) is 6.19. The Morgan fingerprint density at radius 2 is 1.96 bits per heavy atom. The van der Waals surface area contributed by atoms with Crippen LogP contribution >= 0.6 is 11.6 Å². The minimum absolute atomic E-state index is 0.0146. The molecule has 0 saturated heterocycles. The molecule has 28 heavy (non-hydrogen) atoms. The third-order valence-electron chi connectivity index (χ3n) is 3.87. The van der Waals surface area contributed by atoms with Gasteiger partial charge in [0.05, 0.1) is 9.92 Å². The van der Waals surface area contributed by atoms with E-state index in [1.54, 1.807) is 13.0 Å². The monoisotopic (exact) mass is 428 g/mol. The van der Waals surface area contributed by atoms with Crippen molar-refractivity contribution in [1.82, 2.24) is 4.72 Å². The fraction of sp³-hybridized carbons (Fsp3) is 0.316. The summed E-state index contributed by atoms with van der Waals surface area (Å²) >= 11 is 6.09. The first-order chi connectivity index (χ1) is 13.2. The molecule has 0 aliphatic heterocycles. The average Bonchev–Trinajstić information content (AvgIpc) is 2.63. The molecule has 0 unspecified atom stereocenters. The number of carbonyl (C=O) groups is 1. The molecule has 0 spiro atoms. The van der Waals surface area contributed by atoms with Gasteiger partial charge in [0.25, 0.3) is 5.91 Å². The molecular formula is C19H22ClFN2O4S. The Kier molecular flexibility index (Phi) is 7.79.